The summed E-state index contributed by atoms with van der Waals surface area (Å²) in [6.07, 6.45) is 17.2. The summed E-state index contributed by atoms with van der Waals surface area (Å²) in [5.74, 6) is 4.82. The lowest BCUT2D eigenvalue weighted by atomic mass is 9.47. The number of nitrogens with two attached hydrogens (primary N) is 2. The number of esters is 1. The quantitative estimate of drug-likeness (QED) is 0.0717. The Morgan fingerprint density at radius 1 is 0.955 bits per heavy atom. The number of allylic oxidation sites excluding steroid dienone is 1. The van der Waals surface area contributed by atoms with E-state index < -0.39 is 6.10 Å². The van der Waals surface area contributed by atoms with Gasteiger partial charge in [-0.25, -0.2) is 4.89 Å². The number of anilines is 2. The molecule has 0 bridgehead atoms. The van der Waals surface area contributed by atoms with E-state index in [1.165, 1.54) is 51.4 Å². The topological polar surface area (TPSA) is 108 Å². The summed E-state index contributed by atoms with van der Waals surface area (Å²) in [5, 5.41) is 9.45. The lowest BCUT2D eigenvalue weighted by molar-refractivity contribution is -0.283. The molecule has 0 heterocycles. The molecule has 3 fully saturated rings. The van der Waals surface area contributed by atoms with Crippen LogP contribution in [0.2, 0.25) is 0 Å². The maximum absolute atomic E-state index is 12.9. The summed E-state index contributed by atoms with van der Waals surface area (Å²) < 4.78 is 6.03. The molecule has 0 aromatic heterocycles. The van der Waals surface area contributed by atoms with Crippen molar-refractivity contribution in [2.24, 2.45) is 46.3 Å². The highest BCUT2D eigenvalue weighted by atomic mass is 17.1. The van der Waals surface area contributed by atoms with Crippen molar-refractivity contribution in [1.29, 1.82) is 0 Å². The molecule has 9 atom stereocenters. The first kappa shape index (κ1) is 33.3. The third-order valence-electron chi connectivity index (χ3n) is 12.9. The van der Waals surface area contributed by atoms with Gasteiger partial charge in [0.2, 0.25) is 0 Å². The average Bonchev–Trinajstić information content (AvgIpc) is 3.32. The number of carbonyl (C=O) groups excluding carboxylic acids is 1. The molecule has 246 valence electrons. The number of nitrogen functional groups attached to an aromatic ring is 2. The van der Waals surface area contributed by atoms with E-state index in [-0.39, 0.29) is 17.5 Å². The molecule has 0 radical (unpaired) electrons. The molecule has 5 N–H and O–H groups in total. The van der Waals surface area contributed by atoms with Crippen LogP contribution in [0, 0.1) is 46.3 Å². The van der Waals surface area contributed by atoms with Gasteiger partial charge in [0.25, 0.3) is 0 Å². The second kappa shape index (κ2) is 13.7. The molecule has 1 aromatic carbocycles. The van der Waals surface area contributed by atoms with Crippen molar-refractivity contribution in [3.63, 3.8) is 0 Å². The average molecular weight is 609 g/mol. The number of hydrogen-bond acceptors (Lipinski definition) is 6. The van der Waals surface area contributed by atoms with Crippen molar-refractivity contribution >= 4 is 17.3 Å². The van der Waals surface area contributed by atoms with Crippen LogP contribution in [0.25, 0.3) is 0 Å². The highest BCUT2D eigenvalue weighted by Gasteiger charge is 2.59. The molecule has 0 spiro atoms. The number of carbonyl (C=O) groups is 1. The zero-order chi connectivity index (χ0) is 31.6. The Balaban J connectivity index is 1.14. The van der Waals surface area contributed by atoms with Crippen LogP contribution in [0.3, 0.4) is 0 Å². The lowest BCUT2D eigenvalue weighted by Crippen LogP contribution is -2.51. The fourth-order valence-corrected chi connectivity index (χ4v) is 10.6. The Morgan fingerprint density at radius 3 is 2.41 bits per heavy atom. The normalized spacial score (nSPS) is 34.4. The molecule has 44 heavy (non-hydrogen) atoms. The Morgan fingerprint density at radius 2 is 1.70 bits per heavy atom. The third-order valence-corrected chi connectivity index (χ3v) is 12.9. The monoisotopic (exact) mass is 608 g/mol. The lowest BCUT2D eigenvalue weighted by Gasteiger charge is -2.58. The van der Waals surface area contributed by atoms with E-state index in [0.29, 0.717) is 41.6 Å². The molecule has 9 unspecified atom stereocenters. The molecular weight excluding hydrogens is 548 g/mol. The van der Waals surface area contributed by atoms with Crippen molar-refractivity contribution in [2.75, 3.05) is 11.5 Å². The van der Waals surface area contributed by atoms with Crippen molar-refractivity contribution in [1.82, 2.24) is 0 Å². The molecule has 0 saturated heterocycles. The van der Waals surface area contributed by atoms with Crippen molar-refractivity contribution in [3.8, 4) is 0 Å². The van der Waals surface area contributed by atoms with E-state index >= 15 is 0 Å². The molecule has 3 saturated carbocycles. The minimum Gasteiger partial charge on any atom is -0.462 e. The molecule has 5 rings (SSSR count). The van der Waals surface area contributed by atoms with Crippen molar-refractivity contribution in [3.05, 3.63) is 35.4 Å². The van der Waals surface area contributed by atoms with Gasteiger partial charge in [-0.2, -0.15) is 0 Å². The van der Waals surface area contributed by atoms with Crippen LogP contribution in [-0.2, 0) is 14.4 Å². The molecule has 0 amide bonds. The molecule has 6 heteroatoms. The number of fused-ring (bicyclic) bond motifs is 5. The van der Waals surface area contributed by atoms with E-state index in [1.807, 2.05) is 0 Å². The fraction of sp³-hybridized carbons (Fsp3) is 0.763. The number of hydrogen-bond donors (Lipinski definition) is 3. The van der Waals surface area contributed by atoms with Gasteiger partial charge in [-0.1, -0.05) is 65.5 Å². The molecule has 0 aliphatic heterocycles. The van der Waals surface area contributed by atoms with Crippen LogP contribution >= 0.6 is 0 Å². The summed E-state index contributed by atoms with van der Waals surface area (Å²) in [7, 11) is 0. The molecule has 6 nitrogen and oxygen atoms in total. The molecular formula is C38H60N2O4. The fourth-order valence-electron chi connectivity index (χ4n) is 10.6. The van der Waals surface area contributed by atoms with Gasteiger partial charge >= 0.3 is 5.97 Å². The summed E-state index contributed by atoms with van der Waals surface area (Å²) >= 11 is 0. The second-order valence-corrected chi connectivity index (χ2v) is 16.1. The Kier molecular flexibility index (Phi) is 10.4. The molecule has 4 aliphatic carbocycles. The summed E-state index contributed by atoms with van der Waals surface area (Å²) in [5.41, 5.74) is 15.8. The van der Waals surface area contributed by atoms with Crippen LogP contribution in [-0.4, -0.2) is 17.3 Å². The zero-order valence-corrected chi connectivity index (χ0v) is 28.2. The number of rotatable bonds is 12. The minimum atomic E-state index is -0.579. The maximum atomic E-state index is 12.9. The van der Waals surface area contributed by atoms with E-state index in [1.54, 1.807) is 23.8 Å². The molecule has 4 aliphatic rings. The van der Waals surface area contributed by atoms with E-state index in [0.717, 1.165) is 54.8 Å². The first-order chi connectivity index (χ1) is 20.9. The first-order valence-corrected chi connectivity index (χ1v) is 17.8. The van der Waals surface area contributed by atoms with Crippen LogP contribution < -0.4 is 11.5 Å². The van der Waals surface area contributed by atoms with E-state index in [9.17, 15) is 10.1 Å². The van der Waals surface area contributed by atoms with Gasteiger partial charge in [0, 0.05) is 24.2 Å². The SMILES string of the molecule is CC(C)CCCC(C)C1CCC2C3CC=C4CC(OC(=O)CCCC(OO)c5cc(N)cc(N)c5)CCC4(C)C3CCC12C. The number of ether oxygens (including phenoxy) is 1. The summed E-state index contributed by atoms with van der Waals surface area (Å²) in [6, 6.07) is 5.15. The summed E-state index contributed by atoms with van der Waals surface area (Å²) in [4.78, 5) is 17.5. The van der Waals surface area contributed by atoms with E-state index in [2.05, 4.69) is 40.7 Å². The highest BCUT2D eigenvalue weighted by Crippen LogP contribution is 2.67. The first-order valence-electron chi connectivity index (χ1n) is 17.8. The zero-order valence-electron chi connectivity index (χ0n) is 28.2. The summed E-state index contributed by atoms with van der Waals surface area (Å²) in [6.45, 7) is 12.5. The van der Waals surface area contributed by atoms with Crippen LogP contribution in [0.15, 0.2) is 29.8 Å². The van der Waals surface area contributed by atoms with Gasteiger partial charge in [0.15, 0.2) is 0 Å². The van der Waals surface area contributed by atoms with Gasteiger partial charge in [-0.15, -0.1) is 0 Å². The van der Waals surface area contributed by atoms with E-state index in [4.69, 9.17) is 21.1 Å². The standard InChI is InChI=1S/C38H60N2O4/c1-24(2)8-6-9-25(3)32-14-15-33-31-13-12-27-22-30(16-18-37(27,4)34(31)17-19-38(32,33)5)43-36(41)11-7-10-35(44-42)26-20-28(39)23-29(40)21-26/h12,20-21,23-25,30-35,42H,6-11,13-19,22,39-40H2,1-5H3. The predicted molar refractivity (Wildman–Crippen MR) is 178 cm³/mol. The second-order valence-electron chi connectivity index (χ2n) is 16.1. The highest BCUT2D eigenvalue weighted by molar-refractivity contribution is 5.69. The van der Waals surface area contributed by atoms with Gasteiger partial charge in [0.1, 0.15) is 12.2 Å². The largest absolute Gasteiger partial charge is 0.462 e. The van der Waals surface area contributed by atoms with Crippen molar-refractivity contribution in [2.45, 2.75) is 137 Å². The van der Waals surface area contributed by atoms with Crippen LogP contribution in [0.4, 0.5) is 11.4 Å². The van der Waals surface area contributed by atoms with Gasteiger partial charge in [-0.05, 0) is 128 Å². The van der Waals surface area contributed by atoms with Crippen LogP contribution in [0.1, 0.15) is 136 Å². The van der Waals surface area contributed by atoms with Crippen LogP contribution in [0.5, 0.6) is 0 Å². The van der Waals surface area contributed by atoms with Gasteiger partial charge in [-0.3, -0.25) is 10.1 Å². The Labute approximate surface area is 266 Å². The smallest absolute Gasteiger partial charge is 0.306 e. The Bertz CT molecular complexity index is 1160. The Hall–Kier alpha value is -2.05. The predicted octanol–water partition coefficient (Wildman–Crippen LogP) is 9.51. The van der Waals surface area contributed by atoms with Gasteiger partial charge < -0.3 is 16.2 Å². The van der Waals surface area contributed by atoms with Gasteiger partial charge in [0.05, 0.1) is 0 Å². The maximum Gasteiger partial charge on any atom is 0.306 e. The third kappa shape index (κ3) is 6.87. The number of benzene rings is 1. The van der Waals surface area contributed by atoms with Crippen molar-refractivity contribution < 1.29 is 19.7 Å². The molecule has 1 aromatic rings. The minimum absolute atomic E-state index is 0.0339.